The number of hydrogen-bond acceptors (Lipinski definition) is 3. The molecule has 0 atom stereocenters. The number of rotatable bonds is 3. The number of fused-ring (bicyclic) bond motifs is 1. The van der Waals surface area contributed by atoms with Crippen molar-refractivity contribution in [3.8, 4) is 5.75 Å². The van der Waals surface area contributed by atoms with Gasteiger partial charge in [0.2, 0.25) is 0 Å². The summed E-state index contributed by atoms with van der Waals surface area (Å²) in [6.07, 6.45) is 1.42. The molecule has 0 spiro atoms. The number of amides is 1. The molecule has 1 amide bonds. The Kier molecular flexibility index (Phi) is 6.29. The third-order valence-electron chi connectivity index (χ3n) is 4.45. The lowest BCUT2D eigenvalue weighted by Crippen LogP contribution is -2.38. The summed E-state index contributed by atoms with van der Waals surface area (Å²) in [6.45, 7) is 7.60. The van der Waals surface area contributed by atoms with E-state index in [1.807, 2.05) is 43.9 Å². The van der Waals surface area contributed by atoms with Crippen molar-refractivity contribution in [3.63, 3.8) is 0 Å². The van der Waals surface area contributed by atoms with Gasteiger partial charge in [-0.2, -0.15) is 0 Å². The minimum Gasteiger partial charge on any atom is -0.488 e. The van der Waals surface area contributed by atoms with Gasteiger partial charge in [-0.15, -0.1) is 0 Å². The van der Waals surface area contributed by atoms with Gasteiger partial charge in [-0.3, -0.25) is 0 Å². The van der Waals surface area contributed by atoms with Crippen molar-refractivity contribution in [1.82, 2.24) is 4.90 Å². The molecule has 2 aromatic rings. The molecule has 27 heavy (non-hydrogen) atoms. The van der Waals surface area contributed by atoms with Gasteiger partial charge in [-0.05, 0) is 85.0 Å². The van der Waals surface area contributed by atoms with Crippen LogP contribution in [0.3, 0.4) is 0 Å². The van der Waals surface area contributed by atoms with Crippen LogP contribution in [-0.2, 0) is 24.2 Å². The molecule has 0 N–H and O–H groups in total. The Labute approximate surface area is 175 Å². The first-order chi connectivity index (χ1) is 12.8. The lowest BCUT2D eigenvalue weighted by Gasteiger charge is -2.26. The molecule has 0 saturated heterocycles. The normalized spacial score (nSPS) is 14.3. The van der Waals surface area contributed by atoms with Crippen molar-refractivity contribution in [1.29, 1.82) is 0 Å². The fourth-order valence-electron chi connectivity index (χ4n) is 3.08. The Hall–Kier alpha value is -1.76. The molecule has 0 aromatic heterocycles. The summed E-state index contributed by atoms with van der Waals surface area (Å²) >= 11 is 2.33. The first-order valence-corrected chi connectivity index (χ1v) is 10.4. The maximum atomic E-state index is 12.4. The fourth-order valence-corrected chi connectivity index (χ4v) is 3.77. The van der Waals surface area contributed by atoms with Crippen LogP contribution >= 0.6 is 22.6 Å². The predicted octanol–water partition coefficient (Wildman–Crippen LogP) is 5.21. The average Bonchev–Trinajstić information content (AvgIpc) is 2.81. The van der Waals surface area contributed by atoms with Gasteiger partial charge in [0.1, 0.15) is 18.0 Å². The highest BCUT2D eigenvalue weighted by atomic mass is 127. The van der Waals surface area contributed by atoms with E-state index < -0.39 is 5.60 Å². The number of nitrogens with zero attached hydrogens (tertiary/aromatic N) is 1. The van der Waals surface area contributed by atoms with E-state index >= 15 is 0 Å². The van der Waals surface area contributed by atoms with Gasteiger partial charge in [0, 0.05) is 13.1 Å². The van der Waals surface area contributed by atoms with E-state index in [9.17, 15) is 4.79 Å². The molecule has 2 aromatic carbocycles. The molecule has 0 unspecified atom stereocenters. The monoisotopic (exact) mass is 479 g/mol. The summed E-state index contributed by atoms with van der Waals surface area (Å²) in [5.41, 5.74) is 3.23. The van der Waals surface area contributed by atoms with Crippen LogP contribution < -0.4 is 4.74 Å². The second kappa shape index (κ2) is 8.50. The first kappa shape index (κ1) is 20.0. The summed E-state index contributed by atoms with van der Waals surface area (Å²) in [4.78, 5) is 14.2. The third kappa shape index (κ3) is 5.61. The van der Waals surface area contributed by atoms with Crippen molar-refractivity contribution in [2.75, 3.05) is 13.1 Å². The van der Waals surface area contributed by atoms with Gasteiger partial charge in [0.05, 0.1) is 3.57 Å². The van der Waals surface area contributed by atoms with E-state index in [4.69, 9.17) is 9.47 Å². The standard InChI is InChI=1S/C22H26INO3/c1-22(2,3)27-21(25)24-11-9-17-13-19(23)20(14-18(17)10-12-24)26-15-16-7-5-4-6-8-16/h4-8,13-14H,9-12,15H2,1-3H3. The highest BCUT2D eigenvalue weighted by Gasteiger charge is 2.24. The van der Waals surface area contributed by atoms with Gasteiger partial charge in [0.15, 0.2) is 0 Å². The molecule has 1 aliphatic rings. The zero-order chi connectivity index (χ0) is 19.4. The average molecular weight is 479 g/mol. The molecule has 0 bridgehead atoms. The van der Waals surface area contributed by atoms with Gasteiger partial charge in [-0.25, -0.2) is 4.79 Å². The third-order valence-corrected chi connectivity index (χ3v) is 5.29. The van der Waals surface area contributed by atoms with Crippen molar-refractivity contribution >= 4 is 28.7 Å². The molecule has 0 radical (unpaired) electrons. The Morgan fingerprint density at radius 2 is 1.70 bits per heavy atom. The number of benzene rings is 2. The lowest BCUT2D eigenvalue weighted by atomic mass is 10.0. The minimum atomic E-state index is -0.468. The maximum Gasteiger partial charge on any atom is 0.410 e. The van der Waals surface area contributed by atoms with Crippen molar-refractivity contribution in [2.24, 2.45) is 0 Å². The molecule has 4 nitrogen and oxygen atoms in total. The first-order valence-electron chi connectivity index (χ1n) is 9.28. The van der Waals surface area contributed by atoms with Crippen LogP contribution in [0.2, 0.25) is 0 Å². The molecular weight excluding hydrogens is 453 g/mol. The Balaban J connectivity index is 1.68. The smallest absolute Gasteiger partial charge is 0.410 e. The van der Waals surface area contributed by atoms with E-state index in [0.717, 1.165) is 27.7 Å². The summed E-state index contributed by atoms with van der Waals surface area (Å²) < 4.78 is 12.7. The van der Waals surface area contributed by atoms with Crippen molar-refractivity contribution in [3.05, 3.63) is 62.7 Å². The lowest BCUT2D eigenvalue weighted by molar-refractivity contribution is 0.0258. The number of carbonyl (C=O) groups is 1. The zero-order valence-corrected chi connectivity index (χ0v) is 18.3. The second-order valence-electron chi connectivity index (χ2n) is 7.79. The Morgan fingerprint density at radius 3 is 2.33 bits per heavy atom. The van der Waals surface area contributed by atoms with Crippen molar-refractivity contribution in [2.45, 2.75) is 45.8 Å². The maximum absolute atomic E-state index is 12.4. The van der Waals surface area contributed by atoms with Crippen LogP contribution in [-0.4, -0.2) is 29.7 Å². The number of ether oxygens (including phenoxy) is 2. The molecule has 0 aliphatic carbocycles. The predicted molar refractivity (Wildman–Crippen MR) is 115 cm³/mol. The second-order valence-corrected chi connectivity index (χ2v) is 8.96. The SMILES string of the molecule is CC(C)(C)OC(=O)N1CCc2cc(I)c(OCc3ccccc3)cc2CC1. The van der Waals surface area contributed by atoms with E-state index in [1.165, 1.54) is 11.1 Å². The molecule has 1 heterocycles. The molecule has 3 rings (SSSR count). The van der Waals surface area contributed by atoms with E-state index in [0.29, 0.717) is 19.7 Å². The van der Waals surface area contributed by atoms with Crippen molar-refractivity contribution < 1.29 is 14.3 Å². The molecule has 0 saturated carbocycles. The van der Waals surface area contributed by atoms with Crippen LogP contribution in [0.1, 0.15) is 37.5 Å². The summed E-state index contributed by atoms with van der Waals surface area (Å²) in [5.74, 6) is 0.906. The van der Waals surface area contributed by atoms with Crippen LogP contribution in [0, 0.1) is 3.57 Å². The molecule has 5 heteroatoms. The van der Waals surface area contributed by atoms with Gasteiger partial charge in [0.25, 0.3) is 0 Å². The number of halogens is 1. The van der Waals surface area contributed by atoms with Gasteiger partial charge in [-0.1, -0.05) is 30.3 Å². The molecular formula is C22H26INO3. The minimum absolute atomic E-state index is 0.231. The topological polar surface area (TPSA) is 38.8 Å². The largest absolute Gasteiger partial charge is 0.488 e. The number of carbonyl (C=O) groups excluding carboxylic acids is 1. The van der Waals surface area contributed by atoms with Crippen LogP contribution in [0.5, 0.6) is 5.75 Å². The Morgan fingerprint density at radius 1 is 1.07 bits per heavy atom. The highest BCUT2D eigenvalue weighted by molar-refractivity contribution is 14.1. The van der Waals surface area contributed by atoms with Gasteiger partial charge >= 0.3 is 6.09 Å². The van der Waals surface area contributed by atoms with Crippen LogP contribution in [0.15, 0.2) is 42.5 Å². The molecule has 144 valence electrons. The zero-order valence-electron chi connectivity index (χ0n) is 16.1. The van der Waals surface area contributed by atoms with E-state index in [-0.39, 0.29) is 6.09 Å². The molecule has 0 fully saturated rings. The van der Waals surface area contributed by atoms with E-state index in [2.05, 4.69) is 46.9 Å². The molecule has 1 aliphatic heterocycles. The Bertz CT molecular complexity index is 799. The summed E-state index contributed by atoms with van der Waals surface area (Å²) in [7, 11) is 0. The van der Waals surface area contributed by atoms with Gasteiger partial charge < -0.3 is 14.4 Å². The fraction of sp³-hybridized carbons (Fsp3) is 0.409. The quantitative estimate of drug-likeness (QED) is 0.568. The highest BCUT2D eigenvalue weighted by Crippen LogP contribution is 2.29. The summed E-state index contributed by atoms with van der Waals surface area (Å²) in [5, 5.41) is 0. The van der Waals surface area contributed by atoms with Crippen LogP contribution in [0.25, 0.3) is 0 Å². The van der Waals surface area contributed by atoms with Crippen LogP contribution in [0.4, 0.5) is 4.79 Å². The number of hydrogen-bond donors (Lipinski definition) is 0. The van der Waals surface area contributed by atoms with E-state index in [1.54, 1.807) is 0 Å². The summed E-state index contributed by atoms with van der Waals surface area (Å²) in [6, 6.07) is 14.5.